The standard InChI is InChI=1S/C16H28OS/c1-2-16(10-6-12-18-14-16)9-5-11-17-13-15-7-3-4-8-15/h13H,2-12,14H2,1H3. The molecule has 1 saturated heterocycles. The second-order valence-electron chi connectivity index (χ2n) is 5.97. The average Bonchev–Trinajstić information content (AvgIpc) is 2.93. The van der Waals surface area contributed by atoms with E-state index in [1.54, 1.807) is 0 Å². The van der Waals surface area contributed by atoms with Gasteiger partial charge in [0, 0.05) is 0 Å². The highest BCUT2D eigenvalue weighted by molar-refractivity contribution is 7.99. The molecule has 0 radical (unpaired) electrons. The first-order valence-electron chi connectivity index (χ1n) is 7.72. The number of rotatable bonds is 6. The van der Waals surface area contributed by atoms with Crippen LogP contribution < -0.4 is 0 Å². The SMILES string of the molecule is CCC1(CCCOC=C2CCCC2)CCCSC1. The van der Waals surface area contributed by atoms with Gasteiger partial charge in [-0.1, -0.05) is 6.92 Å². The van der Waals surface area contributed by atoms with Crippen molar-refractivity contribution < 1.29 is 4.74 Å². The van der Waals surface area contributed by atoms with E-state index in [2.05, 4.69) is 24.9 Å². The highest BCUT2D eigenvalue weighted by Gasteiger charge is 2.29. The second-order valence-corrected chi connectivity index (χ2v) is 7.07. The van der Waals surface area contributed by atoms with Crippen LogP contribution in [-0.2, 0) is 4.74 Å². The van der Waals surface area contributed by atoms with Crippen LogP contribution in [0.15, 0.2) is 11.8 Å². The number of thioether (sulfide) groups is 1. The quantitative estimate of drug-likeness (QED) is 0.486. The summed E-state index contributed by atoms with van der Waals surface area (Å²) >= 11 is 2.16. The van der Waals surface area contributed by atoms with E-state index in [1.807, 2.05) is 0 Å². The van der Waals surface area contributed by atoms with Gasteiger partial charge in [0.1, 0.15) is 0 Å². The first kappa shape index (κ1) is 14.3. The zero-order chi connectivity index (χ0) is 12.7. The van der Waals surface area contributed by atoms with E-state index >= 15 is 0 Å². The molecule has 1 unspecified atom stereocenters. The average molecular weight is 268 g/mol. The fourth-order valence-corrected chi connectivity index (χ4v) is 4.64. The van der Waals surface area contributed by atoms with Crippen molar-refractivity contribution in [2.24, 2.45) is 5.41 Å². The van der Waals surface area contributed by atoms with Crippen LogP contribution in [0.1, 0.15) is 64.7 Å². The summed E-state index contributed by atoms with van der Waals surface area (Å²) in [6, 6.07) is 0. The molecule has 0 spiro atoms. The predicted molar refractivity (Wildman–Crippen MR) is 81.0 cm³/mol. The zero-order valence-electron chi connectivity index (χ0n) is 11.9. The van der Waals surface area contributed by atoms with Gasteiger partial charge >= 0.3 is 0 Å². The van der Waals surface area contributed by atoms with Crippen LogP contribution in [-0.4, -0.2) is 18.1 Å². The van der Waals surface area contributed by atoms with E-state index in [-0.39, 0.29) is 0 Å². The van der Waals surface area contributed by atoms with Crippen LogP contribution in [0.3, 0.4) is 0 Å². The van der Waals surface area contributed by atoms with E-state index in [0.29, 0.717) is 5.41 Å². The van der Waals surface area contributed by atoms with Gasteiger partial charge in [-0.25, -0.2) is 0 Å². The maximum absolute atomic E-state index is 5.73. The maximum Gasteiger partial charge on any atom is 0.0873 e. The molecule has 104 valence electrons. The molecule has 1 aliphatic heterocycles. The molecule has 0 aromatic rings. The van der Waals surface area contributed by atoms with E-state index in [0.717, 1.165) is 6.61 Å². The van der Waals surface area contributed by atoms with Crippen molar-refractivity contribution in [2.45, 2.75) is 64.7 Å². The van der Waals surface area contributed by atoms with Gasteiger partial charge in [0.25, 0.3) is 0 Å². The largest absolute Gasteiger partial charge is 0.501 e. The molecule has 18 heavy (non-hydrogen) atoms. The molecule has 0 aromatic heterocycles. The van der Waals surface area contributed by atoms with Crippen LogP contribution in [0.2, 0.25) is 0 Å². The Kier molecular flexibility index (Phi) is 5.94. The third kappa shape index (κ3) is 4.22. The first-order valence-corrected chi connectivity index (χ1v) is 8.87. The maximum atomic E-state index is 5.73. The van der Waals surface area contributed by atoms with Crippen molar-refractivity contribution in [1.82, 2.24) is 0 Å². The molecule has 2 aliphatic rings. The number of hydrogen-bond donors (Lipinski definition) is 0. The van der Waals surface area contributed by atoms with E-state index in [9.17, 15) is 0 Å². The molecular weight excluding hydrogens is 240 g/mol. The molecule has 2 fully saturated rings. The lowest BCUT2D eigenvalue weighted by atomic mass is 9.78. The molecule has 2 rings (SSSR count). The molecule has 1 atom stereocenters. The van der Waals surface area contributed by atoms with Crippen molar-refractivity contribution >= 4 is 11.8 Å². The normalized spacial score (nSPS) is 28.4. The summed E-state index contributed by atoms with van der Waals surface area (Å²) in [5.41, 5.74) is 2.17. The highest BCUT2D eigenvalue weighted by Crippen LogP contribution is 2.41. The van der Waals surface area contributed by atoms with E-state index in [4.69, 9.17) is 4.74 Å². The molecule has 1 heterocycles. The van der Waals surface area contributed by atoms with Gasteiger partial charge in [0.05, 0.1) is 12.9 Å². The number of allylic oxidation sites excluding steroid dienone is 1. The molecular formula is C16H28OS. The van der Waals surface area contributed by atoms with E-state index < -0.39 is 0 Å². The zero-order valence-corrected chi connectivity index (χ0v) is 12.7. The third-order valence-corrected chi connectivity index (χ3v) is 6.01. The van der Waals surface area contributed by atoms with Crippen molar-refractivity contribution in [3.63, 3.8) is 0 Å². The van der Waals surface area contributed by atoms with Crippen LogP contribution in [0, 0.1) is 5.41 Å². The predicted octanol–water partition coefficient (Wildman–Crippen LogP) is 5.16. The lowest BCUT2D eigenvalue weighted by Gasteiger charge is -2.36. The van der Waals surface area contributed by atoms with Gasteiger partial charge in [-0.2, -0.15) is 11.8 Å². The van der Waals surface area contributed by atoms with Gasteiger partial charge in [0.2, 0.25) is 0 Å². The van der Waals surface area contributed by atoms with Crippen molar-refractivity contribution in [3.05, 3.63) is 11.8 Å². The summed E-state index contributed by atoms with van der Waals surface area (Å²) in [6.45, 7) is 3.29. The Bertz CT molecular complexity index is 258. The second kappa shape index (κ2) is 7.47. The first-order chi connectivity index (χ1) is 8.85. The van der Waals surface area contributed by atoms with Gasteiger partial charge in [-0.05, 0) is 80.3 Å². The Morgan fingerprint density at radius 1 is 1.28 bits per heavy atom. The molecule has 1 saturated carbocycles. The van der Waals surface area contributed by atoms with Crippen molar-refractivity contribution in [2.75, 3.05) is 18.1 Å². The Labute approximate surface area is 117 Å². The minimum atomic E-state index is 0.632. The minimum absolute atomic E-state index is 0.632. The van der Waals surface area contributed by atoms with Crippen LogP contribution in [0.4, 0.5) is 0 Å². The number of hydrogen-bond acceptors (Lipinski definition) is 2. The summed E-state index contributed by atoms with van der Waals surface area (Å²) in [7, 11) is 0. The topological polar surface area (TPSA) is 9.23 Å². The molecule has 0 N–H and O–H groups in total. The Morgan fingerprint density at radius 2 is 2.11 bits per heavy atom. The molecule has 0 aromatic carbocycles. The molecule has 0 amide bonds. The lowest BCUT2D eigenvalue weighted by Crippen LogP contribution is -2.27. The lowest BCUT2D eigenvalue weighted by molar-refractivity contribution is 0.192. The summed E-state index contributed by atoms with van der Waals surface area (Å²) in [5, 5.41) is 0. The Hall–Kier alpha value is -0.110. The summed E-state index contributed by atoms with van der Waals surface area (Å²) < 4.78 is 5.73. The number of ether oxygens (including phenoxy) is 1. The Morgan fingerprint density at radius 3 is 2.78 bits per heavy atom. The van der Waals surface area contributed by atoms with Gasteiger partial charge in [-0.3, -0.25) is 0 Å². The monoisotopic (exact) mass is 268 g/mol. The van der Waals surface area contributed by atoms with Gasteiger partial charge in [0.15, 0.2) is 0 Å². The van der Waals surface area contributed by atoms with Crippen LogP contribution in [0.25, 0.3) is 0 Å². The molecule has 1 nitrogen and oxygen atoms in total. The summed E-state index contributed by atoms with van der Waals surface area (Å²) in [6.07, 6.45) is 14.1. The fourth-order valence-electron chi connectivity index (χ4n) is 3.22. The highest BCUT2D eigenvalue weighted by atomic mass is 32.2. The van der Waals surface area contributed by atoms with E-state index in [1.165, 1.54) is 74.9 Å². The third-order valence-electron chi connectivity index (χ3n) is 4.62. The van der Waals surface area contributed by atoms with Gasteiger partial charge in [-0.15, -0.1) is 0 Å². The van der Waals surface area contributed by atoms with Crippen molar-refractivity contribution in [1.29, 1.82) is 0 Å². The molecule has 0 bridgehead atoms. The summed E-state index contributed by atoms with van der Waals surface area (Å²) in [5.74, 6) is 2.76. The van der Waals surface area contributed by atoms with Crippen LogP contribution in [0.5, 0.6) is 0 Å². The minimum Gasteiger partial charge on any atom is -0.501 e. The molecule has 2 heteroatoms. The van der Waals surface area contributed by atoms with Crippen LogP contribution >= 0.6 is 11.8 Å². The smallest absolute Gasteiger partial charge is 0.0873 e. The summed E-state index contributed by atoms with van der Waals surface area (Å²) in [4.78, 5) is 0. The fraction of sp³-hybridized carbons (Fsp3) is 0.875. The Balaban J connectivity index is 1.62. The van der Waals surface area contributed by atoms with Crippen molar-refractivity contribution in [3.8, 4) is 0 Å². The molecule has 1 aliphatic carbocycles. The van der Waals surface area contributed by atoms with Gasteiger partial charge < -0.3 is 4.74 Å².